The lowest BCUT2D eigenvalue weighted by atomic mass is 9.93. The van der Waals surface area contributed by atoms with Gasteiger partial charge in [-0.15, -0.1) is 0 Å². The predicted octanol–water partition coefficient (Wildman–Crippen LogP) is 5.40. The zero-order valence-electron chi connectivity index (χ0n) is 27.1. The van der Waals surface area contributed by atoms with Crippen LogP contribution in [0.3, 0.4) is 0 Å². The molecule has 48 heavy (non-hydrogen) atoms. The summed E-state index contributed by atoms with van der Waals surface area (Å²) < 4.78 is 7.73. The molecule has 1 unspecified atom stereocenters. The molecule has 3 N–H and O–H groups in total. The van der Waals surface area contributed by atoms with Gasteiger partial charge in [0, 0.05) is 42.4 Å². The molecule has 1 aromatic heterocycles. The normalized spacial score (nSPS) is 13.0. The smallest absolute Gasteiger partial charge is 0.326 e. The van der Waals surface area contributed by atoms with Crippen molar-refractivity contribution in [1.29, 1.82) is 0 Å². The van der Waals surface area contributed by atoms with E-state index in [-0.39, 0.29) is 24.3 Å². The first-order chi connectivity index (χ1) is 23.1. The van der Waals surface area contributed by atoms with Crippen molar-refractivity contribution in [2.24, 2.45) is 0 Å². The Kier molecular flexibility index (Phi) is 10.9. The van der Waals surface area contributed by atoms with Gasteiger partial charge in [-0.1, -0.05) is 36.4 Å². The summed E-state index contributed by atoms with van der Waals surface area (Å²) in [6.07, 6.45) is 5.85. The Labute approximate surface area is 279 Å². The molecule has 1 aliphatic rings. The van der Waals surface area contributed by atoms with E-state index in [0.717, 1.165) is 52.1 Å². The molecule has 4 aromatic rings. The minimum absolute atomic E-state index is 0.0776. The zero-order valence-corrected chi connectivity index (χ0v) is 27.1. The Balaban J connectivity index is 1.23. The number of carbonyl (C=O) groups is 4. The van der Waals surface area contributed by atoms with Crippen molar-refractivity contribution in [3.05, 3.63) is 101 Å². The standard InChI is InChI=1S/C37H40N4O7/c1-24-8-3-14-33(25(24)2)48-19-7-15-34(42)41-18-6-12-30-29(11-5-13-32(30)41)28-21-38-40(23-28)22-26-9-4-10-27(20-26)36(45)39-31(37(46)47)16-17-35(43)44/h3-5,8-11,13-14,20-21,23,31H,6-7,12,15-19,22H2,1-2H3,(H,39,45)(H,43,44)(H,46,47). The van der Waals surface area contributed by atoms with Gasteiger partial charge in [0.05, 0.1) is 19.3 Å². The number of anilines is 1. The Hall–Kier alpha value is -5.45. The van der Waals surface area contributed by atoms with E-state index in [0.29, 0.717) is 32.5 Å². The van der Waals surface area contributed by atoms with E-state index in [1.807, 2.05) is 54.4 Å². The maximum Gasteiger partial charge on any atom is 0.326 e. The highest BCUT2D eigenvalue weighted by Crippen LogP contribution is 2.36. The lowest BCUT2D eigenvalue weighted by Gasteiger charge is -2.31. The molecule has 11 nitrogen and oxygen atoms in total. The molecule has 0 saturated heterocycles. The van der Waals surface area contributed by atoms with E-state index in [4.69, 9.17) is 9.84 Å². The maximum absolute atomic E-state index is 13.3. The van der Waals surface area contributed by atoms with Crippen molar-refractivity contribution in [1.82, 2.24) is 15.1 Å². The summed E-state index contributed by atoms with van der Waals surface area (Å²) in [4.78, 5) is 50.4. The van der Waals surface area contributed by atoms with Crippen molar-refractivity contribution in [3.8, 4) is 16.9 Å². The van der Waals surface area contributed by atoms with E-state index < -0.39 is 23.9 Å². The first-order valence-corrected chi connectivity index (χ1v) is 16.1. The molecular formula is C37H40N4O7. The average molecular weight is 653 g/mol. The molecule has 3 aromatic carbocycles. The molecule has 0 fully saturated rings. The highest BCUT2D eigenvalue weighted by Gasteiger charge is 2.25. The number of nitrogens with one attached hydrogen (secondary N) is 1. The second kappa shape index (κ2) is 15.4. The molecule has 11 heteroatoms. The van der Waals surface area contributed by atoms with Crippen LogP contribution in [0.1, 0.15) is 64.7 Å². The second-order valence-corrected chi connectivity index (χ2v) is 12.0. The number of amides is 2. The fourth-order valence-corrected chi connectivity index (χ4v) is 5.93. The second-order valence-electron chi connectivity index (χ2n) is 12.0. The number of hydrogen-bond acceptors (Lipinski definition) is 6. The first kappa shape index (κ1) is 33.9. The zero-order chi connectivity index (χ0) is 34.2. The summed E-state index contributed by atoms with van der Waals surface area (Å²) in [5.74, 6) is -2.09. The minimum atomic E-state index is -1.31. The van der Waals surface area contributed by atoms with Crippen molar-refractivity contribution in [2.45, 2.75) is 65.0 Å². The molecule has 2 amide bonds. The maximum atomic E-state index is 13.3. The Morgan fingerprint density at radius 2 is 1.79 bits per heavy atom. The van der Waals surface area contributed by atoms with Gasteiger partial charge in [-0.2, -0.15) is 5.10 Å². The van der Waals surface area contributed by atoms with Gasteiger partial charge in [0.15, 0.2) is 0 Å². The topological polar surface area (TPSA) is 151 Å². The number of ether oxygens (including phenoxy) is 1. The quantitative estimate of drug-likeness (QED) is 0.153. The van der Waals surface area contributed by atoms with Gasteiger partial charge >= 0.3 is 11.9 Å². The molecule has 5 rings (SSSR count). The van der Waals surface area contributed by atoms with Gasteiger partial charge in [0.25, 0.3) is 5.91 Å². The summed E-state index contributed by atoms with van der Waals surface area (Å²) >= 11 is 0. The van der Waals surface area contributed by atoms with Crippen LogP contribution in [-0.4, -0.2) is 62.9 Å². The molecule has 250 valence electrons. The van der Waals surface area contributed by atoms with Crippen molar-refractivity contribution in [3.63, 3.8) is 0 Å². The summed E-state index contributed by atoms with van der Waals surface area (Å²) in [7, 11) is 0. The van der Waals surface area contributed by atoms with Crippen LogP contribution >= 0.6 is 0 Å². The number of carboxylic acid groups (broad SMARTS) is 2. The fraction of sp³-hybridized carbons (Fsp3) is 0.324. The lowest BCUT2D eigenvalue weighted by molar-refractivity contribution is -0.140. The molecule has 0 aliphatic carbocycles. The number of carboxylic acids is 2. The van der Waals surface area contributed by atoms with Crippen molar-refractivity contribution < 1.29 is 34.1 Å². The highest BCUT2D eigenvalue weighted by atomic mass is 16.5. The molecule has 0 radical (unpaired) electrons. The van der Waals surface area contributed by atoms with E-state index in [9.17, 15) is 24.3 Å². The van der Waals surface area contributed by atoms with Crippen molar-refractivity contribution in [2.75, 3.05) is 18.1 Å². The van der Waals surface area contributed by atoms with Gasteiger partial charge in [-0.25, -0.2) is 4.79 Å². The van der Waals surface area contributed by atoms with Crippen LogP contribution < -0.4 is 15.0 Å². The third-order valence-electron chi connectivity index (χ3n) is 8.63. The SMILES string of the molecule is Cc1cccc(OCCCC(=O)N2CCCc3c(-c4cnn(Cc5cccc(C(=O)NC(CCC(=O)O)C(=O)O)c5)c4)cccc32)c1C. The highest BCUT2D eigenvalue weighted by molar-refractivity contribution is 5.97. The van der Waals surface area contributed by atoms with Crippen LogP contribution in [0.2, 0.25) is 0 Å². The number of aryl methyl sites for hydroxylation is 1. The molecule has 0 spiro atoms. The number of carbonyl (C=O) groups excluding carboxylic acids is 2. The number of fused-ring (bicyclic) bond motifs is 1. The monoisotopic (exact) mass is 652 g/mol. The Bertz CT molecular complexity index is 1810. The fourth-order valence-electron chi connectivity index (χ4n) is 5.93. The molecule has 0 bridgehead atoms. The number of hydrogen-bond donors (Lipinski definition) is 3. The number of aliphatic carboxylic acids is 2. The third kappa shape index (κ3) is 8.28. The number of aromatic nitrogens is 2. The third-order valence-corrected chi connectivity index (χ3v) is 8.63. The van der Waals surface area contributed by atoms with Gasteiger partial charge in [-0.3, -0.25) is 19.1 Å². The van der Waals surface area contributed by atoms with E-state index in [1.54, 1.807) is 29.1 Å². The van der Waals surface area contributed by atoms with Gasteiger partial charge in [-0.05, 0) is 91.6 Å². The van der Waals surface area contributed by atoms with Crippen LogP contribution in [0.5, 0.6) is 5.75 Å². The van der Waals surface area contributed by atoms with Crippen LogP contribution in [0.4, 0.5) is 5.69 Å². The van der Waals surface area contributed by atoms with Gasteiger partial charge in [0.1, 0.15) is 11.8 Å². The number of nitrogens with zero attached hydrogens (tertiary/aromatic N) is 3. The van der Waals surface area contributed by atoms with Crippen molar-refractivity contribution >= 4 is 29.4 Å². The molecular weight excluding hydrogens is 612 g/mol. The first-order valence-electron chi connectivity index (χ1n) is 16.1. The van der Waals surface area contributed by atoms with E-state index in [2.05, 4.69) is 23.4 Å². The largest absolute Gasteiger partial charge is 0.493 e. The molecule has 1 atom stereocenters. The summed E-state index contributed by atoms with van der Waals surface area (Å²) in [5, 5.41) is 25.2. The summed E-state index contributed by atoms with van der Waals surface area (Å²) in [6, 6.07) is 17.5. The van der Waals surface area contributed by atoms with E-state index in [1.165, 1.54) is 5.56 Å². The summed E-state index contributed by atoms with van der Waals surface area (Å²) in [5.41, 5.74) is 7.30. The molecule has 0 saturated carbocycles. The number of rotatable bonds is 14. The van der Waals surface area contributed by atoms with Gasteiger partial charge in [0.2, 0.25) is 5.91 Å². The Morgan fingerprint density at radius 3 is 2.58 bits per heavy atom. The van der Waals surface area contributed by atoms with Crippen LogP contribution in [0.15, 0.2) is 73.1 Å². The number of benzene rings is 3. The lowest BCUT2D eigenvalue weighted by Crippen LogP contribution is -2.41. The predicted molar refractivity (Wildman–Crippen MR) is 180 cm³/mol. The Morgan fingerprint density at radius 1 is 1.00 bits per heavy atom. The summed E-state index contributed by atoms with van der Waals surface area (Å²) in [6.45, 7) is 5.60. The minimum Gasteiger partial charge on any atom is -0.493 e. The van der Waals surface area contributed by atoms with Gasteiger partial charge < -0.3 is 25.2 Å². The van der Waals surface area contributed by atoms with E-state index >= 15 is 0 Å². The van der Waals surface area contributed by atoms with Crippen LogP contribution in [-0.2, 0) is 27.3 Å². The molecule has 2 heterocycles. The van der Waals surface area contributed by atoms with Crippen LogP contribution in [0, 0.1) is 13.8 Å². The molecule has 1 aliphatic heterocycles. The van der Waals surface area contributed by atoms with Crippen LogP contribution in [0.25, 0.3) is 11.1 Å². The average Bonchev–Trinajstić information content (AvgIpc) is 3.54.